The number of hydrogen-bond acceptors (Lipinski definition) is 5. The Morgan fingerprint density at radius 1 is 0.492 bits per heavy atom. The minimum absolute atomic E-state index is 0.0569. The average Bonchev–Trinajstić information content (AvgIpc) is 3.28. The molecule has 306 valence electrons. The topological polar surface area (TPSA) is 81.1 Å². The van der Waals surface area contributed by atoms with Crippen molar-refractivity contribution in [2.24, 2.45) is 28.7 Å². The van der Waals surface area contributed by atoms with Crippen molar-refractivity contribution < 1.29 is 4.79 Å². The number of nitrogens with two attached hydrogens (primary N) is 2. The molecule has 6 rings (SSSR count). The molecule has 6 heteroatoms. The van der Waals surface area contributed by atoms with Crippen molar-refractivity contribution in [3.05, 3.63) is 215 Å². The van der Waals surface area contributed by atoms with Crippen molar-refractivity contribution in [2.45, 2.75) is 60.5 Å². The largest absolute Gasteiger partial charge is 0.369 e. The van der Waals surface area contributed by atoms with Gasteiger partial charge in [0.25, 0.3) is 0 Å². The molecule has 0 heterocycles. The Labute approximate surface area is 362 Å². The minimum atomic E-state index is -0.991. The first-order valence-corrected chi connectivity index (χ1v) is 22.9. The third kappa shape index (κ3) is 9.27. The van der Waals surface area contributed by atoms with Crippen LogP contribution in [-0.2, 0) is 14.3 Å². The molecule has 1 amide bonds. The second kappa shape index (κ2) is 20.6. The molecule has 0 aliphatic heterocycles. The van der Waals surface area contributed by atoms with Gasteiger partial charge in [0.2, 0.25) is 5.91 Å². The Kier molecular flexibility index (Phi) is 15.3. The van der Waals surface area contributed by atoms with Crippen molar-refractivity contribution in [1.82, 2.24) is 5.32 Å². The fourth-order valence-electron chi connectivity index (χ4n) is 9.08. The normalized spacial score (nSPS) is 14.2. The van der Waals surface area contributed by atoms with Crippen molar-refractivity contribution in [3.8, 4) is 0 Å². The summed E-state index contributed by atoms with van der Waals surface area (Å²) in [4.78, 5) is 15.4. The van der Waals surface area contributed by atoms with Crippen LogP contribution in [0.5, 0.6) is 0 Å². The molecule has 0 fully saturated rings. The first-order chi connectivity index (χ1) is 28.7. The summed E-state index contributed by atoms with van der Waals surface area (Å²) in [5.41, 5.74) is 19.1. The smallest absolute Gasteiger partial charge is 0.225 e. The summed E-state index contributed by atoms with van der Waals surface area (Å²) < 4.78 is -1.34. The van der Waals surface area contributed by atoms with Crippen LogP contribution in [0.4, 0.5) is 0 Å². The van der Waals surface area contributed by atoms with Crippen LogP contribution in [0.3, 0.4) is 0 Å². The lowest BCUT2D eigenvalue weighted by Crippen LogP contribution is -2.57. The Morgan fingerprint density at radius 3 is 0.983 bits per heavy atom. The SMILES string of the molecule is CC(C)C(SC(c1ccccc1)(c1ccccc1)c1ccccc1)C(CCCNCCN)(C(N)=O)C(SC(c1ccccc1)(c1ccccc1)c1ccccc1)C(C)C. The summed E-state index contributed by atoms with van der Waals surface area (Å²) >= 11 is 3.83. The number of hydrogen-bond donors (Lipinski definition) is 3. The number of carbonyl (C=O) groups excluding carboxylic acids is 1. The van der Waals surface area contributed by atoms with Gasteiger partial charge in [0.1, 0.15) is 0 Å². The predicted octanol–water partition coefficient (Wildman–Crippen LogP) is 11.3. The molecule has 0 spiro atoms. The number of thioether (sulfide) groups is 2. The number of carbonyl (C=O) groups is 1. The number of rotatable bonds is 21. The number of amides is 1. The molecule has 6 aromatic rings. The molecule has 0 saturated heterocycles. The Morgan fingerprint density at radius 2 is 0.763 bits per heavy atom. The molecule has 0 radical (unpaired) electrons. The Bertz CT molecular complexity index is 1800. The third-order valence-corrected chi connectivity index (χ3v) is 16.2. The highest BCUT2D eigenvalue weighted by Gasteiger charge is 2.58. The van der Waals surface area contributed by atoms with Crippen LogP contribution in [0.2, 0.25) is 0 Å². The van der Waals surface area contributed by atoms with Crippen LogP contribution in [0.15, 0.2) is 182 Å². The van der Waals surface area contributed by atoms with Gasteiger partial charge in [0.05, 0.1) is 14.9 Å². The van der Waals surface area contributed by atoms with E-state index in [4.69, 9.17) is 11.5 Å². The molecule has 6 aromatic carbocycles. The molecule has 0 aliphatic rings. The first-order valence-electron chi connectivity index (χ1n) is 21.1. The lowest BCUT2D eigenvalue weighted by Gasteiger charge is -2.52. The summed E-state index contributed by atoms with van der Waals surface area (Å²) in [5, 5.41) is 3.09. The van der Waals surface area contributed by atoms with E-state index >= 15 is 4.79 Å². The maximum absolute atomic E-state index is 15.4. The van der Waals surface area contributed by atoms with Crippen LogP contribution >= 0.6 is 23.5 Å². The van der Waals surface area contributed by atoms with Gasteiger partial charge >= 0.3 is 0 Å². The summed E-state index contributed by atoms with van der Waals surface area (Å²) in [6, 6.07) is 65.0. The molecule has 2 unspecified atom stereocenters. The van der Waals surface area contributed by atoms with E-state index in [2.05, 4.69) is 215 Å². The summed E-state index contributed by atoms with van der Waals surface area (Å²) in [6.45, 7) is 11.1. The van der Waals surface area contributed by atoms with E-state index in [-0.39, 0.29) is 28.2 Å². The fourth-order valence-corrected chi connectivity index (χ4v) is 13.3. The van der Waals surface area contributed by atoms with Gasteiger partial charge in [-0.1, -0.05) is 210 Å². The second-order valence-corrected chi connectivity index (χ2v) is 18.9. The lowest BCUT2D eigenvalue weighted by atomic mass is 9.69. The average molecular weight is 820 g/mol. The molecular weight excluding hydrogens is 759 g/mol. The predicted molar refractivity (Wildman–Crippen MR) is 254 cm³/mol. The second-order valence-electron chi connectivity index (χ2n) is 16.2. The van der Waals surface area contributed by atoms with Gasteiger partial charge in [-0.15, -0.1) is 23.5 Å². The number of nitrogens with one attached hydrogen (secondary N) is 1. The zero-order chi connectivity index (χ0) is 41.7. The molecule has 0 aromatic heterocycles. The van der Waals surface area contributed by atoms with Crippen molar-refractivity contribution in [2.75, 3.05) is 19.6 Å². The molecule has 4 nitrogen and oxygen atoms in total. The first kappa shape index (κ1) is 44.0. The van der Waals surface area contributed by atoms with Gasteiger partial charge in [0.15, 0.2) is 0 Å². The van der Waals surface area contributed by atoms with Gasteiger partial charge in [-0.2, -0.15) is 0 Å². The quantitative estimate of drug-likeness (QED) is 0.0498. The highest BCUT2D eigenvalue weighted by atomic mass is 32.2. The standard InChI is InChI=1S/C53H61N3OS2/c1-40(2)48(58-52(42-24-11-5-12-25-42,43-26-13-6-14-27-43)44-28-15-7-16-29-44)51(50(55)57,36-23-38-56-39-37-54)49(41(3)4)59-53(45-30-17-8-18-31-45,46-32-19-9-20-33-46)47-34-21-10-22-35-47/h5-22,24-35,40-41,48-49,56H,23,36-39,54H2,1-4H3,(H2,55,57). The molecular formula is C53H61N3OS2. The Hall–Kier alpha value is -4.59. The van der Waals surface area contributed by atoms with E-state index in [0.29, 0.717) is 19.5 Å². The van der Waals surface area contributed by atoms with Crippen molar-refractivity contribution in [3.63, 3.8) is 0 Å². The van der Waals surface area contributed by atoms with Gasteiger partial charge < -0.3 is 16.8 Å². The summed E-state index contributed by atoms with van der Waals surface area (Å²) in [6.07, 6.45) is 1.37. The number of primary amides is 1. The zero-order valence-electron chi connectivity index (χ0n) is 35.0. The van der Waals surface area contributed by atoms with E-state index in [9.17, 15) is 0 Å². The molecule has 0 aliphatic carbocycles. The van der Waals surface area contributed by atoms with Gasteiger partial charge in [-0.25, -0.2) is 0 Å². The number of benzene rings is 6. The Balaban J connectivity index is 1.67. The maximum Gasteiger partial charge on any atom is 0.225 e. The fraction of sp³-hybridized carbons (Fsp3) is 0.302. The van der Waals surface area contributed by atoms with E-state index in [1.54, 1.807) is 0 Å². The molecule has 0 bridgehead atoms. The van der Waals surface area contributed by atoms with Gasteiger partial charge in [-0.05, 0) is 64.6 Å². The highest BCUT2D eigenvalue weighted by molar-refractivity contribution is 8.02. The van der Waals surface area contributed by atoms with E-state index in [1.165, 1.54) is 0 Å². The molecule has 0 saturated carbocycles. The van der Waals surface area contributed by atoms with Crippen molar-refractivity contribution in [1.29, 1.82) is 0 Å². The molecule has 59 heavy (non-hydrogen) atoms. The van der Waals surface area contributed by atoms with Crippen LogP contribution < -0.4 is 16.8 Å². The van der Waals surface area contributed by atoms with Gasteiger partial charge in [-0.3, -0.25) is 4.79 Å². The lowest BCUT2D eigenvalue weighted by molar-refractivity contribution is -0.129. The molecule has 2 atom stereocenters. The van der Waals surface area contributed by atoms with E-state index in [0.717, 1.165) is 46.3 Å². The van der Waals surface area contributed by atoms with E-state index < -0.39 is 14.9 Å². The van der Waals surface area contributed by atoms with Crippen LogP contribution in [0, 0.1) is 17.3 Å². The summed E-state index contributed by atoms with van der Waals surface area (Å²) in [7, 11) is 0. The van der Waals surface area contributed by atoms with E-state index in [1.807, 2.05) is 23.5 Å². The van der Waals surface area contributed by atoms with Gasteiger partial charge in [0, 0.05) is 23.6 Å². The maximum atomic E-state index is 15.4. The minimum Gasteiger partial charge on any atom is -0.369 e. The summed E-state index contributed by atoms with van der Waals surface area (Å²) in [5.74, 6) is -0.136. The third-order valence-electron chi connectivity index (χ3n) is 11.6. The molecule has 5 N–H and O–H groups in total. The van der Waals surface area contributed by atoms with Crippen LogP contribution in [0.1, 0.15) is 73.9 Å². The zero-order valence-corrected chi connectivity index (χ0v) is 36.7. The highest BCUT2D eigenvalue weighted by Crippen LogP contribution is 2.62. The monoisotopic (exact) mass is 819 g/mol. The van der Waals surface area contributed by atoms with Crippen LogP contribution in [0.25, 0.3) is 0 Å². The van der Waals surface area contributed by atoms with Crippen molar-refractivity contribution >= 4 is 29.4 Å². The van der Waals surface area contributed by atoms with Crippen LogP contribution in [-0.4, -0.2) is 36.0 Å².